The SMILES string of the molecule is C=C[CH2][Sn][OH]. The fraction of sp³-hybridized carbons (Fsp3) is 0.333. The van der Waals surface area contributed by atoms with Crippen molar-refractivity contribution < 1.29 is 3.44 Å². The summed E-state index contributed by atoms with van der Waals surface area (Å²) >= 11 is -0.912. The first-order chi connectivity index (χ1) is 2.41. The zero-order chi connectivity index (χ0) is 4.12. The average molecular weight is 177 g/mol. The molecule has 0 bridgehead atoms. The van der Waals surface area contributed by atoms with E-state index < -0.39 is 21.6 Å². The number of hydrogen-bond donors (Lipinski definition) is 1. The number of hydrogen-bond acceptors (Lipinski definition) is 1. The molecule has 0 fully saturated rings. The molecular weight excluding hydrogens is 171 g/mol. The summed E-state index contributed by atoms with van der Waals surface area (Å²) in [6.45, 7) is 3.43. The van der Waals surface area contributed by atoms with Crippen molar-refractivity contribution in [2.24, 2.45) is 0 Å². The van der Waals surface area contributed by atoms with E-state index in [9.17, 15) is 0 Å². The van der Waals surface area contributed by atoms with Gasteiger partial charge in [-0.25, -0.2) is 0 Å². The van der Waals surface area contributed by atoms with Crippen molar-refractivity contribution in [3.8, 4) is 0 Å². The van der Waals surface area contributed by atoms with Crippen LogP contribution in [0.1, 0.15) is 0 Å². The van der Waals surface area contributed by atoms with E-state index in [1.165, 1.54) is 0 Å². The first kappa shape index (κ1) is 5.50. The van der Waals surface area contributed by atoms with E-state index >= 15 is 0 Å². The van der Waals surface area contributed by atoms with Gasteiger partial charge in [0, 0.05) is 0 Å². The zero-order valence-electron chi connectivity index (χ0n) is 2.94. The second-order valence-corrected chi connectivity index (χ2v) is 2.72. The summed E-state index contributed by atoms with van der Waals surface area (Å²) in [4.78, 5) is 0. The molecule has 0 saturated carbocycles. The molecule has 28 valence electrons. The summed E-state index contributed by atoms with van der Waals surface area (Å²) in [5.41, 5.74) is 0. The number of rotatable bonds is 2. The molecule has 0 heterocycles. The Bertz CT molecular complexity index is 28.1. The minimum atomic E-state index is -0.912. The summed E-state index contributed by atoms with van der Waals surface area (Å²) < 4.78 is 9.04. The fourth-order valence-corrected chi connectivity index (χ4v) is 0.433. The summed E-state index contributed by atoms with van der Waals surface area (Å²) in [7, 11) is 0. The Labute approximate surface area is 42.5 Å². The molecule has 2 heteroatoms. The van der Waals surface area contributed by atoms with Gasteiger partial charge in [-0.3, -0.25) is 0 Å². The molecule has 0 spiro atoms. The third kappa shape index (κ3) is 4.50. The van der Waals surface area contributed by atoms with Gasteiger partial charge < -0.3 is 0 Å². The van der Waals surface area contributed by atoms with Gasteiger partial charge in [0.15, 0.2) is 0 Å². The molecule has 0 rings (SSSR count). The normalized spacial score (nSPS) is 7.40. The third-order valence-corrected chi connectivity index (χ3v) is 1.58. The van der Waals surface area contributed by atoms with Gasteiger partial charge in [0.2, 0.25) is 0 Å². The Morgan fingerprint density at radius 3 is 2.60 bits per heavy atom. The van der Waals surface area contributed by atoms with E-state index in [4.69, 9.17) is 3.44 Å². The van der Waals surface area contributed by atoms with Gasteiger partial charge in [0.1, 0.15) is 0 Å². The second kappa shape index (κ2) is 4.50. The standard InChI is InChI=1S/C3H5.H2O.Sn/c1-3-2;;/h3H,1-2H2;1H2;/q;;+1/p-1. The molecule has 0 aliphatic heterocycles. The molecular formula is C3H6OSn. The molecule has 0 aliphatic carbocycles. The fourth-order valence-electron chi connectivity index (χ4n) is 0.0645. The Hall–Kier alpha value is 0.499. The predicted octanol–water partition coefficient (Wildman–Crippen LogP) is 0.202. The summed E-state index contributed by atoms with van der Waals surface area (Å²) in [6.07, 6.45) is 1.76. The molecule has 1 N–H and O–H groups in total. The predicted molar refractivity (Wildman–Crippen MR) is 23.0 cm³/mol. The molecule has 2 radical (unpaired) electrons. The maximum atomic E-state index is 8.16. The van der Waals surface area contributed by atoms with Crippen LogP contribution in [-0.4, -0.2) is 25.0 Å². The van der Waals surface area contributed by atoms with Crippen LogP contribution in [0.5, 0.6) is 0 Å². The maximum absolute atomic E-state index is 8.16. The van der Waals surface area contributed by atoms with E-state index in [0.29, 0.717) is 0 Å². The van der Waals surface area contributed by atoms with Crippen LogP contribution in [0.4, 0.5) is 0 Å². The van der Waals surface area contributed by atoms with Crippen molar-refractivity contribution in [3.63, 3.8) is 0 Å². The van der Waals surface area contributed by atoms with Crippen LogP contribution in [-0.2, 0) is 0 Å². The molecule has 0 aromatic rings. The molecule has 1 nitrogen and oxygen atoms in total. The topological polar surface area (TPSA) is 20.2 Å². The minimum absolute atomic E-state index is 0.878. The van der Waals surface area contributed by atoms with Gasteiger partial charge in [0.25, 0.3) is 0 Å². The van der Waals surface area contributed by atoms with Crippen LogP contribution >= 0.6 is 0 Å². The Kier molecular flexibility index (Phi) is 4.95. The zero-order valence-corrected chi connectivity index (χ0v) is 5.79. The van der Waals surface area contributed by atoms with E-state index in [0.717, 1.165) is 4.44 Å². The number of allylic oxidation sites excluding steroid dienone is 1. The first-order valence-electron chi connectivity index (χ1n) is 1.39. The van der Waals surface area contributed by atoms with Crippen molar-refractivity contribution in [1.82, 2.24) is 0 Å². The van der Waals surface area contributed by atoms with Crippen LogP contribution in [0, 0.1) is 0 Å². The summed E-state index contributed by atoms with van der Waals surface area (Å²) in [5.74, 6) is 0. The van der Waals surface area contributed by atoms with Gasteiger partial charge >= 0.3 is 42.1 Å². The second-order valence-electron chi connectivity index (χ2n) is 0.651. The molecule has 0 aromatic heterocycles. The van der Waals surface area contributed by atoms with Crippen LogP contribution < -0.4 is 0 Å². The molecule has 0 amide bonds. The average Bonchev–Trinajstić information content (AvgIpc) is 1.41. The van der Waals surface area contributed by atoms with E-state index in [1.807, 2.05) is 0 Å². The van der Waals surface area contributed by atoms with Crippen molar-refractivity contribution in [3.05, 3.63) is 12.7 Å². The van der Waals surface area contributed by atoms with E-state index in [1.54, 1.807) is 6.08 Å². The Morgan fingerprint density at radius 1 is 2.00 bits per heavy atom. The molecule has 0 aliphatic rings. The Morgan fingerprint density at radius 2 is 2.60 bits per heavy atom. The third-order valence-electron chi connectivity index (χ3n) is 0.236. The van der Waals surface area contributed by atoms with Crippen LogP contribution in [0.2, 0.25) is 4.44 Å². The van der Waals surface area contributed by atoms with Gasteiger partial charge in [-0.2, -0.15) is 0 Å². The van der Waals surface area contributed by atoms with E-state index in [2.05, 4.69) is 6.58 Å². The van der Waals surface area contributed by atoms with Gasteiger partial charge in [-0.05, 0) is 0 Å². The van der Waals surface area contributed by atoms with Crippen molar-refractivity contribution in [1.29, 1.82) is 0 Å². The monoisotopic (exact) mass is 178 g/mol. The molecule has 0 atom stereocenters. The quantitative estimate of drug-likeness (QED) is 0.471. The van der Waals surface area contributed by atoms with Crippen LogP contribution in [0.25, 0.3) is 0 Å². The summed E-state index contributed by atoms with van der Waals surface area (Å²) in [5, 5.41) is 0. The van der Waals surface area contributed by atoms with Crippen LogP contribution in [0.15, 0.2) is 12.7 Å². The molecule has 5 heavy (non-hydrogen) atoms. The van der Waals surface area contributed by atoms with Gasteiger partial charge in [-0.15, -0.1) is 0 Å². The molecule has 0 saturated heterocycles. The van der Waals surface area contributed by atoms with Crippen molar-refractivity contribution in [2.75, 3.05) is 0 Å². The Balaban J connectivity index is 2.40. The van der Waals surface area contributed by atoms with Crippen LogP contribution in [0.3, 0.4) is 0 Å². The van der Waals surface area contributed by atoms with Gasteiger partial charge in [0.05, 0.1) is 0 Å². The van der Waals surface area contributed by atoms with Gasteiger partial charge in [-0.1, -0.05) is 0 Å². The first-order valence-corrected chi connectivity index (χ1v) is 4.69. The summed E-state index contributed by atoms with van der Waals surface area (Å²) in [6, 6.07) is 0. The van der Waals surface area contributed by atoms with E-state index in [-0.39, 0.29) is 0 Å². The molecule has 0 unspecified atom stereocenters. The molecule has 0 aromatic carbocycles. The van der Waals surface area contributed by atoms with Crippen molar-refractivity contribution in [2.45, 2.75) is 4.44 Å². The van der Waals surface area contributed by atoms with Crippen molar-refractivity contribution >= 4 is 21.6 Å².